The van der Waals surface area contributed by atoms with Crippen LogP contribution in [0.15, 0.2) is 28.7 Å². The van der Waals surface area contributed by atoms with Crippen LogP contribution in [0.1, 0.15) is 28.4 Å². The third kappa shape index (κ3) is 3.58. The Kier molecular flexibility index (Phi) is 4.90. The number of nitrogens with one attached hydrogen (secondary N) is 1. The second-order valence-corrected chi connectivity index (χ2v) is 6.19. The van der Waals surface area contributed by atoms with Crippen LogP contribution in [0.3, 0.4) is 0 Å². The summed E-state index contributed by atoms with van der Waals surface area (Å²) in [6.07, 6.45) is 0. The maximum Gasteiger partial charge on any atom is 0.226 e. The number of anilines is 1. The van der Waals surface area contributed by atoms with E-state index in [0.29, 0.717) is 19.0 Å². The first-order chi connectivity index (χ1) is 12.0. The molecule has 0 aliphatic heterocycles. The number of aromatic nitrogens is 3. The fourth-order valence-electron chi connectivity index (χ4n) is 2.85. The lowest BCUT2D eigenvalue weighted by molar-refractivity contribution is 0.268. The molecule has 0 fully saturated rings. The van der Waals surface area contributed by atoms with Crippen LogP contribution in [0.4, 0.5) is 5.69 Å². The SMILES string of the molecule is Cc1nc(-c2cccc(NCc3c(C)nn(CCO)c3C)c2)oc1C. The number of hydrogen-bond acceptors (Lipinski definition) is 5. The average Bonchev–Trinajstić information content (AvgIpc) is 3.06. The van der Waals surface area contributed by atoms with E-state index in [1.807, 2.05) is 56.6 Å². The summed E-state index contributed by atoms with van der Waals surface area (Å²) in [5.41, 5.74) is 6.07. The summed E-state index contributed by atoms with van der Waals surface area (Å²) < 4.78 is 7.56. The normalized spacial score (nSPS) is 11.1. The lowest BCUT2D eigenvalue weighted by Crippen LogP contribution is -2.07. The highest BCUT2D eigenvalue weighted by atomic mass is 16.4. The molecule has 0 saturated carbocycles. The van der Waals surface area contributed by atoms with Crippen molar-refractivity contribution >= 4 is 5.69 Å². The molecule has 0 bridgehead atoms. The predicted octanol–water partition coefficient (Wildman–Crippen LogP) is 3.38. The van der Waals surface area contributed by atoms with Gasteiger partial charge in [-0.1, -0.05) is 6.07 Å². The number of hydrogen-bond donors (Lipinski definition) is 2. The molecular weight excluding hydrogens is 316 g/mol. The van der Waals surface area contributed by atoms with Gasteiger partial charge in [-0.05, 0) is 45.9 Å². The van der Waals surface area contributed by atoms with Crippen molar-refractivity contribution < 1.29 is 9.52 Å². The van der Waals surface area contributed by atoms with Crippen molar-refractivity contribution in [1.29, 1.82) is 0 Å². The summed E-state index contributed by atoms with van der Waals surface area (Å²) >= 11 is 0. The Balaban J connectivity index is 1.77. The Labute approximate surface area is 147 Å². The highest BCUT2D eigenvalue weighted by Gasteiger charge is 2.12. The van der Waals surface area contributed by atoms with Crippen molar-refractivity contribution in [3.63, 3.8) is 0 Å². The van der Waals surface area contributed by atoms with E-state index in [0.717, 1.165) is 39.7 Å². The minimum atomic E-state index is 0.0891. The minimum Gasteiger partial charge on any atom is -0.441 e. The molecule has 1 aromatic carbocycles. The molecule has 2 aromatic heterocycles. The number of rotatable bonds is 6. The second-order valence-electron chi connectivity index (χ2n) is 6.19. The van der Waals surface area contributed by atoms with Crippen LogP contribution in [-0.4, -0.2) is 26.5 Å². The third-order valence-corrected chi connectivity index (χ3v) is 4.45. The van der Waals surface area contributed by atoms with Crippen LogP contribution >= 0.6 is 0 Å². The van der Waals surface area contributed by atoms with E-state index in [2.05, 4.69) is 15.4 Å². The highest BCUT2D eigenvalue weighted by Crippen LogP contribution is 2.24. The standard InChI is InChI=1S/C19H24N4O2/c1-12-15(4)25-19(21-12)16-6-5-7-17(10-16)20-11-18-13(2)22-23(8-9-24)14(18)3/h5-7,10,20,24H,8-9,11H2,1-4H3. The van der Waals surface area contributed by atoms with Crippen molar-refractivity contribution in [3.8, 4) is 11.5 Å². The monoisotopic (exact) mass is 340 g/mol. The van der Waals surface area contributed by atoms with Crippen molar-refractivity contribution in [3.05, 3.63) is 52.7 Å². The van der Waals surface area contributed by atoms with Gasteiger partial charge in [0.15, 0.2) is 0 Å². The number of aliphatic hydroxyl groups excluding tert-OH is 1. The molecule has 0 spiro atoms. The zero-order valence-corrected chi connectivity index (χ0v) is 15.1. The minimum absolute atomic E-state index is 0.0891. The molecule has 0 amide bonds. The van der Waals surface area contributed by atoms with Crippen LogP contribution in [0.5, 0.6) is 0 Å². The van der Waals surface area contributed by atoms with Gasteiger partial charge in [0, 0.05) is 29.1 Å². The zero-order valence-electron chi connectivity index (χ0n) is 15.1. The van der Waals surface area contributed by atoms with E-state index in [4.69, 9.17) is 9.52 Å². The molecule has 0 saturated heterocycles. The highest BCUT2D eigenvalue weighted by molar-refractivity contribution is 5.61. The number of benzene rings is 1. The molecular formula is C19H24N4O2. The van der Waals surface area contributed by atoms with E-state index in [-0.39, 0.29) is 6.61 Å². The molecule has 6 heteroatoms. The van der Waals surface area contributed by atoms with Crippen LogP contribution in [0.2, 0.25) is 0 Å². The van der Waals surface area contributed by atoms with Crippen molar-refractivity contribution in [2.24, 2.45) is 0 Å². The molecule has 0 atom stereocenters. The van der Waals surface area contributed by atoms with Crippen LogP contribution in [0, 0.1) is 27.7 Å². The van der Waals surface area contributed by atoms with E-state index in [1.165, 1.54) is 0 Å². The van der Waals surface area contributed by atoms with E-state index < -0.39 is 0 Å². The van der Waals surface area contributed by atoms with E-state index >= 15 is 0 Å². The van der Waals surface area contributed by atoms with Crippen LogP contribution < -0.4 is 5.32 Å². The van der Waals surface area contributed by atoms with Gasteiger partial charge in [-0.2, -0.15) is 5.10 Å². The topological polar surface area (TPSA) is 76.1 Å². The molecule has 25 heavy (non-hydrogen) atoms. The third-order valence-electron chi connectivity index (χ3n) is 4.45. The van der Waals surface area contributed by atoms with Gasteiger partial charge in [0.1, 0.15) is 5.76 Å². The molecule has 2 N–H and O–H groups in total. The first-order valence-corrected chi connectivity index (χ1v) is 8.41. The van der Waals surface area contributed by atoms with E-state index in [9.17, 15) is 0 Å². The van der Waals surface area contributed by atoms with Gasteiger partial charge >= 0.3 is 0 Å². The molecule has 3 rings (SSSR count). The first kappa shape index (κ1) is 17.2. The Morgan fingerprint density at radius 2 is 1.96 bits per heavy atom. The molecule has 0 unspecified atom stereocenters. The molecule has 3 aromatic rings. The summed E-state index contributed by atoms with van der Waals surface area (Å²) in [5.74, 6) is 1.48. The van der Waals surface area contributed by atoms with Gasteiger partial charge in [-0.15, -0.1) is 0 Å². The summed E-state index contributed by atoms with van der Waals surface area (Å²) in [6.45, 7) is 9.17. The number of aryl methyl sites for hydroxylation is 3. The van der Waals surface area contributed by atoms with Crippen molar-refractivity contribution in [2.45, 2.75) is 40.8 Å². The number of oxazole rings is 1. The van der Waals surface area contributed by atoms with Crippen LogP contribution in [-0.2, 0) is 13.1 Å². The largest absolute Gasteiger partial charge is 0.441 e. The molecule has 132 valence electrons. The second kappa shape index (κ2) is 7.11. The molecule has 0 radical (unpaired) electrons. The summed E-state index contributed by atoms with van der Waals surface area (Å²) in [6, 6.07) is 8.04. The Morgan fingerprint density at radius 3 is 2.64 bits per heavy atom. The van der Waals surface area contributed by atoms with E-state index in [1.54, 1.807) is 0 Å². The van der Waals surface area contributed by atoms with Gasteiger partial charge in [0.25, 0.3) is 0 Å². The van der Waals surface area contributed by atoms with Gasteiger partial charge in [-0.25, -0.2) is 4.98 Å². The molecule has 2 heterocycles. The lowest BCUT2D eigenvalue weighted by Gasteiger charge is -2.08. The lowest BCUT2D eigenvalue weighted by atomic mass is 10.1. The summed E-state index contributed by atoms with van der Waals surface area (Å²) in [7, 11) is 0. The Hall–Kier alpha value is -2.60. The fraction of sp³-hybridized carbons (Fsp3) is 0.368. The van der Waals surface area contributed by atoms with Gasteiger partial charge in [-0.3, -0.25) is 4.68 Å². The summed E-state index contributed by atoms with van der Waals surface area (Å²) in [4.78, 5) is 4.46. The first-order valence-electron chi connectivity index (χ1n) is 8.41. The Bertz CT molecular complexity index is 860. The van der Waals surface area contributed by atoms with Gasteiger partial charge in [0.2, 0.25) is 5.89 Å². The fourth-order valence-corrected chi connectivity index (χ4v) is 2.85. The molecule has 0 aliphatic carbocycles. The average molecular weight is 340 g/mol. The molecule has 0 aliphatic rings. The predicted molar refractivity (Wildman–Crippen MR) is 97.5 cm³/mol. The van der Waals surface area contributed by atoms with Crippen LogP contribution in [0.25, 0.3) is 11.5 Å². The number of nitrogens with zero attached hydrogens (tertiary/aromatic N) is 3. The number of aliphatic hydroxyl groups is 1. The summed E-state index contributed by atoms with van der Waals surface area (Å²) in [5, 5.41) is 17.0. The van der Waals surface area contributed by atoms with Crippen molar-refractivity contribution in [1.82, 2.24) is 14.8 Å². The quantitative estimate of drug-likeness (QED) is 0.719. The van der Waals surface area contributed by atoms with Gasteiger partial charge < -0.3 is 14.8 Å². The molecule has 6 nitrogen and oxygen atoms in total. The van der Waals surface area contributed by atoms with Crippen molar-refractivity contribution in [2.75, 3.05) is 11.9 Å². The maximum atomic E-state index is 9.12. The van der Waals surface area contributed by atoms with Gasteiger partial charge in [0.05, 0.1) is 24.5 Å². The zero-order chi connectivity index (χ0) is 18.0. The maximum absolute atomic E-state index is 9.12. The smallest absolute Gasteiger partial charge is 0.226 e. The Morgan fingerprint density at radius 1 is 1.16 bits per heavy atom.